The van der Waals surface area contributed by atoms with Gasteiger partial charge in [0, 0.05) is 17.8 Å². The summed E-state index contributed by atoms with van der Waals surface area (Å²) in [6, 6.07) is 31.1. The molecule has 0 aliphatic rings. The Balaban J connectivity index is 1.54. The quantitative estimate of drug-likeness (QED) is 0.217. The Labute approximate surface area is 233 Å². The van der Waals surface area contributed by atoms with Crippen LogP contribution in [0.3, 0.4) is 0 Å². The van der Waals surface area contributed by atoms with Gasteiger partial charge in [0.1, 0.15) is 30.6 Å². The number of aliphatic hydroxyl groups is 1. The number of hydrogen-bond donors (Lipinski definition) is 2. The lowest BCUT2D eigenvalue weighted by Crippen LogP contribution is -2.19. The molecule has 0 heterocycles. The molecule has 1 atom stereocenters. The molecule has 0 amide bonds. The summed E-state index contributed by atoms with van der Waals surface area (Å²) in [4.78, 5) is 15.4. The summed E-state index contributed by atoms with van der Waals surface area (Å²) in [5.41, 5.74) is 6.61. The Morgan fingerprint density at radius 1 is 0.950 bits per heavy atom. The minimum absolute atomic E-state index is 0.163. The topological polar surface area (TPSA) is 112 Å². The van der Waals surface area contributed by atoms with Crippen molar-refractivity contribution < 1.29 is 24.5 Å². The molecule has 40 heavy (non-hydrogen) atoms. The van der Waals surface area contributed by atoms with Crippen LogP contribution in [-0.4, -0.2) is 29.0 Å². The van der Waals surface area contributed by atoms with Gasteiger partial charge >= 0.3 is 5.97 Å². The summed E-state index contributed by atoms with van der Waals surface area (Å²) in [5, 5.41) is 27.6. The van der Waals surface area contributed by atoms with E-state index >= 15 is 0 Å². The van der Waals surface area contributed by atoms with Crippen LogP contribution in [0.5, 0.6) is 11.5 Å². The SMILES string of the molecule is Cc1c(COc2ccc(CN=CC(CO)C(=O)O)c(OCc3cccc(C#N)c3)c2)cccc1-c1ccccc1. The number of benzene rings is 4. The molecule has 0 saturated carbocycles. The molecule has 0 bridgehead atoms. The maximum atomic E-state index is 11.2. The van der Waals surface area contributed by atoms with Gasteiger partial charge in [-0.3, -0.25) is 9.79 Å². The van der Waals surface area contributed by atoms with Crippen molar-refractivity contribution in [3.05, 3.63) is 119 Å². The lowest BCUT2D eigenvalue weighted by atomic mass is 9.97. The third kappa shape index (κ3) is 7.34. The fourth-order valence-corrected chi connectivity index (χ4v) is 4.18. The van der Waals surface area contributed by atoms with Crippen molar-refractivity contribution in [2.75, 3.05) is 6.61 Å². The van der Waals surface area contributed by atoms with Gasteiger partial charge < -0.3 is 19.7 Å². The summed E-state index contributed by atoms with van der Waals surface area (Å²) in [6.45, 7) is 2.31. The number of ether oxygens (including phenoxy) is 2. The highest BCUT2D eigenvalue weighted by Crippen LogP contribution is 2.29. The summed E-state index contributed by atoms with van der Waals surface area (Å²) in [6.07, 6.45) is 1.23. The van der Waals surface area contributed by atoms with Crippen LogP contribution in [0.2, 0.25) is 0 Å². The molecule has 0 aliphatic heterocycles. The molecular weight excluding hydrogens is 504 g/mol. The van der Waals surface area contributed by atoms with E-state index in [0.29, 0.717) is 23.7 Å². The Hall–Kier alpha value is -4.93. The molecule has 0 saturated heterocycles. The largest absolute Gasteiger partial charge is 0.489 e. The Bertz CT molecular complexity index is 1530. The highest BCUT2D eigenvalue weighted by Gasteiger charge is 2.14. The Kier molecular flexibility index (Phi) is 9.65. The van der Waals surface area contributed by atoms with E-state index in [-0.39, 0.29) is 13.2 Å². The molecule has 7 heteroatoms. The van der Waals surface area contributed by atoms with Gasteiger partial charge in [0.2, 0.25) is 0 Å². The number of nitrogens with zero attached hydrogens (tertiary/aromatic N) is 2. The molecule has 1 unspecified atom stereocenters. The van der Waals surface area contributed by atoms with E-state index in [2.05, 4.69) is 36.2 Å². The maximum Gasteiger partial charge on any atom is 0.314 e. The van der Waals surface area contributed by atoms with Crippen molar-refractivity contribution >= 4 is 12.2 Å². The number of nitriles is 1. The number of aliphatic hydroxyl groups excluding tert-OH is 1. The van der Waals surface area contributed by atoms with Crippen molar-refractivity contribution in [2.24, 2.45) is 10.9 Å². The van der Waals surface area contributed by atoms with Gasteiger partial charge in [-0.05, 0) is 59.0 Å². The number of hydrogen-bond acceptors (Lipinski definition) is 6. The first-order valence-electron chi connectivity index (χ1n) is 12.8. The van der Waals surface area contributed by atoms with E-state index in [1.54, 1.807) is 24.3 Å². The normalized spacial score (nSPS) is 11.6. The molecule has 0 spiro atoms. The van der Waals surface area contributed by atoms with Crippen LogP contribution in [0.15, 0.2) is 96.0 Å². The number of carboxylic acid groups (broad SMARTS) is 1. The Morgan fingerprint density at radius 3 is 2.50 bits per heavy atom. The molecule has 202 valence electrons. The minimum Gasteiger partial charge on any atom is -0.489 e. The van der Waals surface area contributed by atoms with Crippen LogP contribution in [0, 0.1) is 24.2 Å². The Morgan fingerprint density at radius 2 is 1.75 bits per heavy atom. The monoisotopic (exact) mass is 534 g/mol. The smallest absolute Gasteiger partial charge is 0.314 e. The lowest BCUT2D eigenvalue weighted by Gasteiger charge is -2.15. The van der Waals surface area contributed by atoms with Crippen molar-refractivity contribution in [1.82, 2.24) is 0 Å². The highest BCUT2D eigenvalue weighted by molar-refractivity contribution is 5.88. The summed E-state index contributed by atoms with van der Waals surface area (Å²) < 4.78 is 12.3. The van der Waals surface area contributed by atoms with E-state index in [9.17, 15) is 15.2 Å². The number of carboxylic acids is 1. The highest BCUT2D eigenvalue weighted by atomic mass is 16.5. The summed E-state index contributed by atoms with van der Waals surface area (Å²) in [5.74, 6) is -1.08. The van der Waals surface area contributed by atoms with Gasteiger partial charge in [0.05, 0.1) is 24.8 Å². The van der Waals surface area contributed by atoms with Crippen LogP contribution < -0.4 is 9.47 Å². The first-order valence-corrected chi connectivity index (χ1v) is 12.8. The molecule has 4 aromatic carbocycles. The van der Waals surface area contributed by atoms with Crippen molar-refractivity contribution in [2.45, 2.75) is 26.7 Å². The second kappa shape index (κ2) is 13.7. The second-order valence-electron chi connectivity index (χ2n) is 9.23. The van der Waals surface area contributed by atoms with E-state index in [4.69, 9.17) is 14.6 Å². The zero-order valence-corrected chi connectivity index (χ0v) is 22.2. The second-order valence-corrected chi connectivity index (χ2v) is 9.23. The molecule has 4 aromatic rings. The van der Waals surface area contributed by atoms with Gasteiger partial charge in [-0.25, -0.2) is 0 Å². The average Bonchev–Trinajstić information content (AvgIpc) is 2.98. The molecular formula is C33H30N2O5. The number of aliphatic imine (C=N–C) groups is 1. The van der Waals surface area contributed by atoms with E-state index in [0.717, 1.165) is 33.4 Å². The predicted molar refractivity (Wildman–Crippen MR) is 153 cm³/mol. The summed E-state index contributed by atoms with van der Waals surface area (Å²) in [7, 11) is 0. The van der Waals surface area contributed by atoms with Gasteiger partial charge in [-0.15, -0.1) is 0 Å². The van der Waals surface area contributed by atoms with Crippen molar-refractivity contribution in [3.63, 3.8) is 0 Å². The van der Waals surface area contributed by atoms with Crippen LogP contribution in [0.4, 0.5) is 0 Å². The maximum absolute atomic E-state index is 11.2. The van der Waals surface area contributed by atoms with Crippen LogP contribution in [-0.2, 0) is 24.6 Å². The number of rotatable bonds is 12. The minimum atomic E-state index is -1.14. The molecule has 4 rings (SSSR count). The summed E-state index contributed by atoms with van der Waals surface area (Å²) >= 11 is 0. The van der Waals surface area contributed by atoms with Crippen LogP contribution >= 0.6 is 0 Å². The average molecular weight is 535 g/mol. The van der Waals surface area contributed by atoms with Crippen LogP contribution in [0.25, 0.3) is 11.1 Å². The first kappa shape index (κ1) is 28.1. The molecule has 2 N–H and O–H groups in total. The fraction of sp³-hybridized carbons (Fsp3) is 0.182. The number of aliphatic carboxylic acids is 1. The zero-order valence-electron chi connectivity index (χ0n) is 22.2. The van der Waals surface area contributed by atoms with E-state index < -0.39 is 18.5 Å². The van der Waals surface area contributed by atoms with E-state index in [1.165, 1.54) is 6.21 Å². The van der Waals surface area contributed by atoms with Crippen molar-refractivity contribution in [3.8, 4) is 28.7 Å². The molecule has 0 aromatic heterocycles. The van der Waals surface area contributed by atoms with Crippen molar-refractivity contribution in [1.29, 1.82) is 5.26 Å². The van der Waals surface area contributed by atoms with Crippen LogP contribution in [0.1, 0.15) is 27.8 Å². The first-order chi connectivity index (χ1) is 19.5. The van der Waals surface area contributed by atoms with Gasteiger partial charge in [-0.2, -0.15) is 5.26 Å². The lowest BCUT2D eigenvalue weighted by molar-refractivity contribution is -0.140. The van der Waals surface area contributed by atoms with Gasteiger partial charge in [0.15, 0.2) is 0 Å². The van der Waals surface area contributed by atoms with E-state index in [1.807, 2.05) is 48.5 Å². The fourth-order valence-electron chi connectivity index (χ4n) is 4.18. The zero-order chi connectivity index (χ0) is 28.3. The molecule has 0 radical (unpaired) electrons. The number of carbonyl (C=O) groups is 1. The predicted octanol–water partition coefficient (Wildman–Crippen LogP) is 5.96. The third-order valence-corrected chi connectivity index (χ3v) is 6.48. The van der Waals surface area contributed by atoms with Gasteiger partial charge in [-0.1, -0.05) is 60.7 Å². The molecule has 0 aliphatic carbocycles. The van der Waals surface area contributed by atoms with Gasteiger partial charge in [0.25, 0.3) is 0 Å². The molecule has 0 fully saturated rings. The third-order valence-electron chi connectivity index (χ3n) is 6.48. The standard InChI is InChI=1S/C33H30N2O5/c1-23-28(11-6-12-31(23)26-9-3-2-4-10-26)22-39-30-14-13-27(18-35-19-29(20-36)33(37)38)32(16-30)40-21-25-8-5-7-24(15-25)17-34/h2-16,19,29,36H,18,20-22H2,1H3,(H,37,38). The molecule has 7 nitrogen and oxygen atoms in total.